The minimum atomic E-state index is -3.08. The summed E-state index contributed by atoms with van der Waals surface area (Å²) in [6.45, 7) is 0.906. The van der Waals surface area contributed by atoms with Gasteiger partial charge in [-0.2, -0.15) is 0 Å². The number of likely N-dealkylation sites (tertiary alicyclic amines) is 1. The van der Waals surface area contributed by atoms with E-state index in [1.54, 1.807) is 4.90 Å². The Morgan fingerprint density at radius 2 is 2.08 bits per heavy atom. The number of hydrogen-bond acceptors (Lipinski definition) is 2. The number of carbonyl (C=O) groups is 1. The molecule has 0 saturated carbocycles. The van der Waals surface area contributed by atoms with Crippen molar-refractivity contribution in [1.29, 1.82) is 0 Å². The Morgan fingerprint density at radius 1 is 1.50 bits per heavy atom. The van der Waals surface area contributed by atoms with Crippen LogP contribution in [0.1, 0.15) is 12.8 Å². The van der Waals surface area contributed by atoms with Crippen LogP contribution in [-0.4, -0.2) is 41.5 Å². The van der Waals surface area contributed by atoms with Gasteiger partial charge in [-0.1, -0.05) is 0 Å². The molecule has 1 aliphatic rings. The predicted molar refractivity (Wildman–Crippen MR) is 38.3 cm³/mol. The molecular formula is C7H11F2NO2. The van der Waals surface area contributed by atoms with Crippen LogP contribution in [0, 0.1) is 0 Å². The summed E-state index contributed by atoms with van der Waals surface area (Å²) in [5, 5.41) is 8.15. The van der Waals surface area contributed by atoms with Crippen LogP contribution in [0.2, 0.25) is 0 Å². The highest BCUT2D eigenvalue weighted by molar-refractivity contribution is 5.67. The lowest BCUT2D eigenvalue weighted by molar-refractivity contribution is -0.146. The van der Waals surface area contributed by atoms with Gasteiger partial charge in [0.1, 0.15) is 6.42 Å². The molecule has 0 aromatic heterocycles. The molecule has 0 unspecified atom stereocenters. The van der Waals surface area contributed by atoms with E-state index in [9.17, 15) is 13.6 Å². The van der Waals surface area contributed by atoms with E-state index in [1.807, 2.05) is 0 Å². The molecule has 1 heterocycles. The Balaban J connectivity index is 2.30. The normalized spacial score (nSPS) is 18.8. The van der Waals surface area contributed by atoms with Gasteiger partial charge in [-0.3, -0.25) is 9.69 Å². The molecule has 1 fully saturated rings. The zero-order valence-electron chi connectivity index (χ0n) is 6.59. The summed E-state index contributed by atoms with van der Waals surface area (Å²) in [6.07, 6.45) is -0.132. The van der Waals surface area contributed by atoms with Gasteiger partial charge in [0.2, 0.25) is 0 Å². The van der Waals surface area contributed by atoms with Crippen LogP contribution in [0.4, 0.5) is 8.78 Å². The molecule has 0 aromatic carbocycles. The third kappa shape index (κ3) is 2.73. The van der Waals surface area contributed by atoms with E-state index in [1.165, 1.54) is 0 Å². The summed E-state index contributed by atoms with van der Waals surface area (Å²) in [7, 11) is 0. The molecule has 0 aromatic rings. The molecule has 0 aliphatic carbocycles. The minimum Gasteiger partial charge on any atom is -0.481 e. The molecule has 1 saturated heterocycles. The van der Waals surface area contributed by atoms with E-state index in [0.717, 1.165) is 6.42 Å². The fourth-order valence-corrected chi connectivity index (χ4v) is 1.14. The standard InChI is InChI=1S/C7H11F2NO2/c8-7(9,4-6(11)12)5-10-2-1-3-10/h1-5H2,(H,11,12). The molecule has 0 atom stereocenters. The van der Waals surface area contributed by atoms with Crippen LogP contribution in [0.3, 0.4) is 0 Å². The Bertz CT molecular complexity index is 180. The van der Waals surface area contributed by atoms with Gasteiger partial charge in [-0.25, -0.2) is 8.78 Å². The Hall–Kier alpha value is -0.710. The van der Waals surface area contributed by atoms with Crippen molar-refractivity contribution < 1.29 is 18.7 Å². The molecule has 12 heavy (non-hydrogen) atoms. The predicted octanol–water partition coefficient (Wildman–Crippen LogP) is 0.802. The largest absolute Gasteiger partial charge is 0.481 e. The van der Waals surface area contributed by atoms with Crippen LogP contribution < -0.4 is 0 Å². The second-order valence-electron chi connectivity index (χ2n) is 3.06. The van der Waals surface area contributed by atoms with Crippen molar-refractivity contribution in [2.24, 2.45) is 0 Å². The quantitative estimate of drug-likeness (QED) is 0.694. The smallest absolute Gasteiger partial charge is 0.309 e. The van der Waals surface area contributed by atoms with Gasteiger partial charge in [0.15, 0.2) is 0 Å². The minimum absolute atomic E-state index is 0.417. The molecule has 1 rings (SSSR count). The fourth-order valence-electron chi connectivity index (χ4n) is 1.14. The summed E-state index contributed by atoms with van der Waals surface area (Å²) >= 11 is 0. The molecule has 1 N–H and O–H groups in total. The van der Waals surface area contributed by atoms with Crippen LogP contribution in [-0.2, 0) is 4.79 Å². The molecule has 0 spiro atoms. The number of hydrogen-bond donors (Lipinski definition) is 1. The zero-order valence-corrected chi connectivity index (χ0v) is 6.59. The van der Waals surface area contributed by atoms with Crippen LogP contribution in [0.25, 0.3) is 0 Å². The lowest BCUT2D eigenvalue weighted by atomic mass is 10.1. The first-order chi connectivity index (χ1) is 5.49. The first-order valence-electron chi connectivity index (χ1n) is 3.82. The Labute approximate surface area is 69.0 Å². The van der Waals surface area contributed by atoms with Crippen LogP contribution >= 0.6 is 0 Å². The van der Waals surface area contributed by atoms with Crippen LogP contribution in [0.15, 0.2) is 0 Å². The second kappa shape index (κ2) is 3.35. The average molecular weight is 179 g/mol. The zero-order chi connectivity index (χ0) is 9.19. The third-order valence-corrected chi connectivity index (χ3v) is 1.81. The summed E-state index contributed by atoms with van der Waals surface area (Å²) < 4.78 is 25.4. The lowest BCUT2D eigenvalue weighted by Gasteiger charge is -2.33. The van der Waals surface area contributed by atoms with Gasteiger partial charge in [-0.15, -0.1) is 0 Å². The topological polar surface area (TPSA) is 40.5 Å². The van der Waals surface area contributed by atoms with Gasteiger partial charge in [0.05, 0.1) is 6.54 Å². The highest BCUT2D eigenvalue weighted by Gasteiger charge is 2.35. The van der Waals surface area contributed by atoms with Gasteiger partial charge in [0.25, 0.3) is 5.92 Å². The number of carboxylic acid groups (broad SMARTS) is 1. The van der Waals surface area contributed by atoms with Crippen molar-refractivity contribution >= 4 is 5.97 Å². The SMILES string of the molecule is O=C(O)CC(F)(F)CN1CCC1. The monoisotopic (exact) mass is 179 g/mol. The maximum absolute atomic E-state index is 12.7. The molecule has 1 aliphatic heterocycles. The summed E-state index contributed by atoms with van der Waals surface area (Å²) in [4.78, 5) is 11.6. The third-order valence-electron chi connectivity index (χ3n) is 1.81. The first kappa shape index (κ1) is 9.38. The van der Waals surface area contributed by atoms with Crippen molar-refractivity contribution in [1.82, 2.24) is 4.90 Å². The van der Waals surface area contributed by atoms with E-state index >= 15 is 0 Å². The number of nitrogens with zero attached hydrogens (tertiary/aromatic N) is 1. The number of aliphatic carboxylic acids is 1. The number of rotatable bonds is 4. The molecule has 0 amide bonds. The lowest BCUT2D eigenvalue weighted by Crippen LogP contribution is -2.45. The molecule has 3 nitrogen and oxygen atoms in total. The molecule has 5 heteroatoms. The maximum Gasteiger partial charge on any atom is 0.309 e. The first-order valence-corrected chi connectivity index (χ1v) is 3.82. The van der Waals surface area contributed by atoms with Gasteiger partial charge in [-0.05, 0) is 19.5 Å². The van der Waals surface area contributed by atoms with Gasteiger partial charge >= 0.3 is 5.97 Å². The molecule has 0 radical (unpaired) electrons. The Kier molecular flexibility index (Phi) is 2.62. The van der Waals surface area contributed by atoms with E-state index in [0.29, 0.717) is 13.1 Å². The number of halogens is 2. The average Bonchev–Trinajstić information content (AvgIpc) is 1.76. The van der Waals surface area contributed by atoms with Crippen molar-refractivity contribution in [3.05, 3.63) is 0 Å². The number of alkyl halides is 2. The maximum atomic E-state index is 12.7. The highest BCUT2D eigenvalue weighted by Crippen LogP contribution is 2.22. The van der Waals surface area contributed by atoms with E-state index in [-0.39, 0.29) is 0 Å². The van der Waals surface area contributed by atoms with Crippen molar-refractivity contribution in [3.63, 3.8) is 0 Å². The molecular weight excluding hydrogens is 168 g/mol. The number of carboxylic acids is 1. The van der Waals surface area contributed by atoms with Gasteiger partial charge < -0.3 is 5.11 Å². The van der Waals surface area contributed by atoms with Crippen molar-refractivity contribution in [2.45, 2.75) is 18.8 Å². The van der Waals surface area contributed by atoms with Crippen molar-refractivity contribution in [3.8, 4) is 0 Å². The van der Waals surface area contributed by atoms with Gasteiger partial charge in [0, 0.05) is 0 Å². The van der Waals surface area contributed by atoms with Crippen molar-refractivity contribution in [2.75, 3.05) is 19.6 Å². The fraction of sp³-hybridized carbons (Fsp3) is 0.857. The van der Waals surface area contributed by atoms with E-state index in [2.05, 4.69) is 0 Å². The second-order valence-corrected chi connectivity index (χ2v) is 3.06. The Morgan fingerprint density at radius 3 is 2.42 bits per heavy atom. The van der Waals surface area contributed by atoms with E-state index < -0.39 is 24.9 Å². The van der Waals surface area contributed by atoms with E-state index in [4.69, 9.17) is 5.11 Å². The summed E-state index contributed by atoms with van der Waals surface area (Å²) in [5.41, 5.74) is 0. The summed E-state index contributed by atoms with van der Waals surface area (Å²) in [6, 6.07) is 0. The highest BCUT2D eigenvalue weighted by atomic mass is 19.3. The molecule has 70 valence electrons. The van der Waals surface area contributed by atoms with Crippen LogP contribution in [0.5, 0.6) is 0 Å². The molecule has 0 bridgehead atoms. The summed E-state index contributed by atoms with van der Waals surface area (Å²) in [5.74, 6) is -4.52.